The Morgan fingerprint density at radius 3 is 2.62 bits per heavy atom. The van der Waals surface area contributed by atoms with Crippen molar-refractivity contribution in [3.8, 4) is 11.5 Å². The summed E-state index contributed by atoms with van der Waals surface area (Å²) in [7, 11) is 3.15. The van der Waals surface area contributed by atoms with Gasteiger partial charge in [0.25, 0.3) is 0 Å². The lowest BCUT2D eigenvalue weighted by Gasteiger charge is -2.20. The average Bonchev–Trinajstić information content (AvgIpc) is 2.53. The third kappa shape index (κ3) is 4.48. The van der Waals surface area contributed by atoms with E-state index in [9.17, 15) is 4.79 Å². The van der Waals surface area contributed by atoms with Gasteiger partial charge in [0.15, 0.2) is 0 Å². The van der Waals surface area contributed by atoms with Crippen LogP contribution >= 0.6 is 0 Å². The molecule has 0 aliphatic heterocycles. The van der Waals surface area contributed by atoms with Gasteiger partial charge >= 0.3 is 6.09 Å². The van der Waals surface area contributed by atoms with Gasteiger partial charge in [0.05, 0.1) is 14.2 Å². The number of hydrogen-bond acceptors (Lipinski definition) is 4. The molecule has 1 aliphatic carbocycles. The lowest BCUT2D eigenvalue weighted by atomic mass is 9.98. The number of hydrogen-bond donors (Lipinski definition) is 0. The van der Waals surface area contributed by atoms with Crippen LogP contribution in [0.1, 0.15) is 37.7 Å². The van der Waals surface area contributed by atoms with Crippen molar-refractivity contribution in [2.45, 2.75) is 38.2 Å². The molecule has 2 rings (SSSR count). The van der Waals surface area contributed by atoms with E-state index in [0.717, 1.165) is 25.7 Å². The van der Waals surface area contributed by atoms with Gasteiger partial charge in [-0.2, -0.15) is 4.99 Å². The Labute approximate surface area is 124 Å². The van der Waals surface area contributed by atoms with E-state index in [4.69, 9.17) is 14.2 Å². The summed E-state index contributed by atoms with van der Waals surface area (Å²) in [6.07, 6.45) is 6.27. The quantitative estimate of drug-likeness (QED) is 0.795. The number of amides is 1. The normalized spacial score (nSPS) is 15.9. The van der Waals surface area contributed by atoms with Crippen LogP contribution < -0.4 is 9.47 Å². The zero-order chi connectivity index (χ0) is 15.1. The molecule has 0 spiro atoms. The van der Waals surface area contributed by atoms with E-state index in [2.05, 4.69) is 4.99 Å². The predicted molar refractivity (Wildman–Crippen MR) is 80.5 cm³/mol. The van der Waals surface area contributed by atoms with Crippen LogP contribution in [0.2, 0.25) is 0 Å². The van der Waals surface area contributed by atoms with Gasteiger partial charge in [-0.15, -0.1) is 0 Å². The van der Waals surface area contributed by atoms with E-state index in [0.29, 0.717) is 17.1 Å². The largest absolute Gasteiger partial charge is 0.497 e. The van der Waals surface area contributed by atoms with Crippen molar-refractivity contribution in [2.24, 2.45) is 4.99 Å². The molecule has 21 heavy (non-hydrogen) atoms. The molecule has 0 bridgehead atoms. The second-order valence-corrected chi connectivity index (χ2v) is 5.01. The molecule has 5 heteroatoms. The number of benzene rings is 1. The van der Waals surface area contributed by atoms with Crippen LogP contribution in [0, 0.1) is 0 Å². The summed E-state index contributed by atoms with van der Waals surface area (Å²) < 4.78 is 15.7. The first kappa shape index (κ1) is 15.4. The first-order valence-electron chi connectivity index (χ1n) is 7.19. The molecular formula is C16H21NO4. The third-order valence-electron chi connectivity index (χ3n) is 3.57. The maximum absolute atomic E-state index is 11.7. The van der Waals surface area contributed by atoms with Crippen molar-refractivity contribution in [1.29, 1.82) is 0 Å². The van der Waals surface area contributed by atoms with Crippen molar-refractivity contribution in [3.05, 3.63) is 23.8 Å². The van der Waals surface area contributed by atoms with Crippen LogP contribution in [0.5, 0.6) is 11.5 Å². The molecule has 0 saturated heterocycles. The van der Waals surface area contributed by atoms with Crippen LogP contribution in [-0.4, -0.2) is 32.6 Å². The fourth-order valence-electron chi connectivity index (χ4n) is 2.40. The fourth-order valence-corrected chi connectivity index (χ4v) is 2.40. The third-order valence-corrected chi connectivity index (χ3v) is 3.57. The van der Waals surface area contributed by atoms with Gasteiger partial charge in [-0.1, -0.05) is 6.42 Å². The molecule has 1 amide bonds. The summed E-state index contributed by atoms with van der Waals surface area (Å²) in [4.78, 5) is 15.6. The molecule has 0 N–H and O–H groups in total. The van der Waals surface area contributed by atoms with Crippen molar-refractivity contribution in [1.82, 2.24) is 0 Å². The summed E-state index contributed by atoms with van der Waals surface area (Å²) in [5.74, 6) is 1.29. The number of ether oxygens (including phenoxy) is 3. The molecule has 1 aromatic rings. The summed E-state index contributed by atoms with van der Waals surface area (Å²) in [6, 6.07) is 5.32. The van der Waals surface area contributed by atoms with Crippen LogP contribution in [0.15, 0.2) is 23.2 Å². The van der Waals surface area contributed by atoms with E-state index < -0.39 is 6.09 Å². The first-order valence-corrected chi connectivity index (χ1v) is 7.19. The van der Waals surface area contributed by atoms with Crippen molar-refractivity contribution < 1.29 is 19.0 Å². The van der Waals surface area contributed by atoms with Gasteiger partial charge in [0, 0.05) is 17.8 Å². The molecule has 1 fully saturated rings. The van der Waals surface area contributed by atoms with Crippen LogP contribution in [0.3, 0.4) is 0 Å². The fraction of sp³-hybridized carbons (Fsp3) is 0.500. The minimum atomic E-state index is -0.542. The highest BCUT2D eigenvalue weighted by atomic mass is 16.6. The number of nitrogens with zero attached hydrogens (tertiary/aromatic N) is 1. The predicted octanol–water partition coefficient (Wildman–Crippen LogP) is 3.59. The number of methoxy groups -OCH3 is 2. The highest BCUT2D eigenvalue weighted by molar-refractivity contribution is 5.91. The maximum atomic E-state index is 11.7. The number of aliphatic imine (C=N–C) groups is 1. The Kier molecular flexibility index (Phi) is 5.60. The Morgan fingerprint density at radius 1 is 1.19 bits per heavy atom. The van der Waals surface area contributed by atoms with Crippen LogP contribution in [0.4, 0.5) is 4.79 Å². The summed E-state index contributed by atoms with van der Waals surface area (Å²) in [5.41, 5.74) is 0.707. The number of carbonyl (C=O) groups excluding carboxylic acids is 1. The summed E-state index contributed by atoms with van der Waals surface area (Å²) in [6.45, 7) is 0. The molecule has 114 valence electrons. The molecule has 0 atom stereocenters. The molecule has 5 nitrogen and oxygen atoms in total. The van der Waals surface area contributed by atoms with Gasteiger partial charge in [-0.25, -0.2) is 4.79 Å². The standard InChI is InChI=1S/C16H21NO4/c1-19-14-9-8-12(15(10-14)20-2)11-17-16(18)21-13-6-4-3-5-7-13/h8-11,13H,3-7H2,1-2H3/b17-11+. The lowest BCUT2D eigenvalue weighted by Crippen LogP contribution is -2.19. The summed E-state index contributed by atoms with van der Waals surface area (Å²) >= 11 is 0. The van der Waals surface area contributed by atoms with Crippen LogP contribution in [-0.2, 0) is 4.74 Å². The van der Waals surface area contributed by atoms with E-state index in [1.165, 1.54) is 12.6 Å². The first-order chi connectivity index (χ1) is 10.2. The van der Waals surface area contributed by atoms with Gasteiger partial charge in [0.2, 0.25) is 0 Å². The van der Waals surface area contributed by atoms with E-state index >= 15 is 0 Å². The molecule has 0 heterocycles. The second kappa shape index (κ2) is 7.67. The number of carbonyl (C=O) groups is 1. The minimum Gasteiger partial charge on any atom is -0.497 e. The zero-order valence-corrected chi connectivity index (χ0v) is 12.5. The highest BCUT2D eigenvalue weighted by Crippen LogP contribution is 2.23. The van der Waals surface area contributed by atoms with Crippen molar-refractivity contribution in [2.75, 3.05) is 14.2 Å². The van der Waals surface area contributed by atoms with Crippen LogP contribution in [0.25, 0.3) is 0 Å². The van der Waals surface area contributed by atoms with Crippen molar-refractivity contribution >= 4 is 12.3 Å². The maximum Gasteiger partial charge on any atom is 0.433 e. The molecule has 1 aliphatic rings. The van der Waals surface area contributed by atoms with E-state index in [1.807, 2.05) is 0 Å². The molecule has 0 unspecified atom stereocenters. The SMILES string of the molecule is COc1ccc(/C=N/C(=O)OC2CCCCC2)c(OC)c1. The van der Waals surface area contributed by atoms with Gasteiger partial charge in [-0.3, -0.25) is 0 Å². The van der Waals surface area contributed by atoms with E-state index in [1.54, 1.807) is 32.4 Å². The van der Waals surface area contributed by atoms with E-state index in [-0.39, 0.29) is 6.10 Å². The minimum absolute atomic E-state index is 0.0150. The van der Waals surface area contributed by atoms with Gasteiger partial charge < -0.3 is 14.2 Å². The summed E-state index contributed by atoms with van der Waals surface area (Å²) in [5, 5.41) is 0. The Morgan fingerprint density at radius 2 is 1.95 bits per heavy atom. The number of rotatable bonds is 4. The molecule has 1 saturated carbocycles. The zero-order valence-electron chi connectivity index (χ0n) is 12.5. The Bertz CT molecular complexity index is 507. The molecule has 1 aromatic carbocycles. The topological polar surface area (TPSA) is 57.1 Å². The van der Waals surface area contributed by atoms with Gasteiger partial charge in [-0.05, 0) is 37.8 Å². The molecule has 0 aromatic heterocycles. The lowest BCUT2D eigenvalue weighted by molar-refractivity contribution is 0.0834. The molecule has 0 radical (unpaired) electrons. The Balaban J connectivity index is 1.97. The monoisotopic (exact) mass is 291 g/mol. The second-order valence-electron chi connectivity index (χ2n) is 5.01. The Hall–Kier alpha value is -2.04. The highest BCUT2D eigenvalue weighted by Gasteiger charge is 2.17. The van der Waals surface area contributed by atoms with Crippen molar-refractivity contribution in [3.63, 3.8) is 0 Å². The van der Waals surface area contributed by atoms with Gasteiger partial charge in [0.1, 0.15) is 17.6 Å². The molecular weight excluding hydrogens is 270 g/mol. The average molecular weight is 291 g/mol. The smallest absolute Gasteiger partial charge is 0.433 e.